The van der Waals surface area contributed by atoms with E-state index < -0.39 is 0 Å². The fourth-order valence-electron chi connectivity index (χ4n) is 2.24. The maximum Gasteiger partial charge on any atom is 0.225 e. The number of carbonyl (C=O) groups is 1. The zero-order chi connectivity index (χ0) is 13.5. The van der Waals surface area contributed by atoms with Crippen molar-refractivity contribution in [2.45, 2.75) is 31.7 Å². The van der Waals surface area contributed by atoms with E-state index in [2.05, 4.69) is 20.2 Å². The summed E-state index contributed by atoms with van der Waals surface area (Å²) in [5, 5.41) is 3.06. The van der Waals surface area contributed by atoms with Crippen molar-refractivity contribution in [1.82, 2.24) is 15.3 Å². The number of hydrogen-bond acceptors (Lipinski definition) is 5. The molecule has 6 nitrogen and oxygen atoms in total. The first-order valence-electron chi connectivity index (χ1n) is 6.81. The molecule has 0 spiro atoms. The molecule has 6 heteroatoms. The number of amides is 1. The van der Waals surface area contributed by atoms with Crippen LogP contribution in [0, 0.1) is 0 Å². The number of anilines is 1. The molecule has 0 bridgehead atoms. The Balaban J connectivity index is 1.75. The predicted molar refractivity (Wildman–Crippen MR) is 73.7 cm³/mol. The van der Waals surface area contributed by atoms with Crippen molar-refractivity contribution >= 4 is 11.9 Å². The average molecular weight is 263 g/mol. The highest BCUT2D eigenvalue weighted by molar-refractivity contribution is 5.76. The van der Waals surface area contributed by atoms with Crippen LogP contribution < -0.4 is 16.0 Å². The van der Waals surface area contributed by atoms with Crippen LogP contribution in [0.4, 0.5) is 5.95 Å². The van der Waals surface area contributed by atoms with Gasteiger partial charge in [0.25, 0.3) is 0 Å². The average Bonchev–Trinajstić information content (AvgIpc) is 2.47. The highest BCUT2D eigenvalue weighted by atomic mass is 16.1. The molecular weight excluding hydrogens is 242 g/mol. The number of carbonyl (C=O) groups excluding carboxylic acids is 1. The summed E-state index contributed by atoms with van der Waals surface area (Å²) in [4.78, 5) is 22.3. The van der Waals surface area contributed by atoms with Gasteiger partial charge in [0, 0.05) is 37.9 Å². The number of piperidine rings is 1. The SMILES string of the molecule is NCCCC(=O)NC1CCN(c2ncccn2)CC1. The fourth-order valence-corrected chi connectivity index (χ4v) is 2.24. The molecule has 19 heavy (non-hydrogen) atoms. The van der Waals surface area contributed by atoms with Gasteiger partial charge in [0.1, 0.15) is 0 Å². The van der Waals surface area contributed by atoms with Crippen LogP contribution in [-0.4, -0.2) is 41.6 Å². The van der Waals surface area contributed by atoms with Gasteiger partial charge in [0.15, 0.2) is 0 Å². The summed E-state index contributed by atoms with van der Waals surface area (Å²) in [7, 11) is 0. The summed E-state index contributed by atoms with van der Waals surface area (Å²) in [6.45, 7) is 2.33. The van der Waals surface area contributed by atoms with E-state index in [0.717, 1.165) is 38.3 Å². The number of nitrogens with two attached hydrogens (primary N) is 1. The largest absolute Gasteiger partial charge is 0.353 e. The van der Waals surface area contributed by atoms with Crippen molar-refractivity contribution in [3.05, 3.63) is 18.5 Å². The smallest absolute Gasteiger partial charge is 0.225 e. The standard InChI is InChI=1S/C13H21N5O/c14-6-1-3-12(19)17-11-4-9-18(10-5-11)13-15-7-2-8-16-13/h2,7-8,11H,1,3-6,9-10,14H2,(H,17,19). The van der Waals surface area contributed by atoms with E-state index >= 15 is 0 Å². The van der Waals surface area contributed by atoms with Gasteiger partial charge in [-0.05, 0) is 31.9 Å². The molecule has 2 rings (SSSR count). The lowest BCUT2D eigenvalue weighted by atomic mass is 10.1. The molecule has 1 aliphatic rings. The second-order valence-electron chi connectivity index (χ2n) is 4.77. The second kappa shape index (κ2) is 7.04. The molecule has 0 unspecified atom stereocenters. The Morgan fingerprint density at radius 2 is 2.05 bits per heavy atom. The van der Waals surface area contributed by atoms with Crippen LogP contribution in [0.5, 0.6) is 0 Å². The number of nitrogens with zero attached hydrogens (tertiary/aromatic N) is 3. The van der Waals surface area contributed by atoms with Crippen molar-refractivity contribution in [2.24, 2.45) is 5.73 Å². The summed E-state index contributed by atoms with van der Waals surface area (Å²) in [6.07, 6.45) is 6.66. The van der Waals surface area contributed by atoms with E-state index in [9.17, 15) is 4.79 Å². The number of nitrogens with one attached hydrogen (secondary N) is 1. The van der Waals surface area contributed by atoms with Crippen molar-refractivity contribution < 1.29 is 4.79 Å². The van der Waals surface area contributed by atoms with Gasteiger partial charge in [-0.25, -0.2) is 9.97 Å². The Morgan fingerprint density at radius 3 is 2.68 bits per heavy atom. The summed E-state index contributed by atoms with van der Waals surface area (Å²) >= 11 is 0. The van der Waals surface area contributed by atoms with Gasteiger partial charge in [-0.3, -0.25) is 4.79 Å². The van der Waals surface area contributed by atoms with Crippen LogP contribution >= 0.6 is 0 Å². The molecule has 1 aliphatic heterocycles. The van der Waals surface area contributed by atoms with Crippen molar-refractivity contribution in [2.75, 3.05) is 24.5 Å². The summed E-state index contributed by atoms with van der Waals surface area (Å²) in [5.41, 5.74) is 5.39. The molecule has 1 aromatic rings. The number of rotatable bonds is 5. The van der Waals surface area contributed by atoms with Gasteiger partial charge in [0.2, 0.25) is 11.9 Å². The normalized spacial score (nSPS) is 16.4. The molecule has 0 saturated carbocycles. The maximum atomic E-state index is 11.6. The van der Waals surface area contributed by atoms with Crippen molar-refractivity contribution in [3.63, 3.8) is 0 Å². The number of aromatic nitrogens is 2. The molecule has 1 fully saturated rings. The van der Waals surface area contributed by atoms with Crippen molar-refractivity contribution in [3.8, 4) is 0 Å². The maximum absolute atomic E-state index is 11.6. The lowest BCUT2D eigenvalue weighted by Gasteiger charge is -2.32. The van der Waals surface area contributed by atoms with Crippen LogP contribution in [0.1, 0.15) is 25.7 Å². The minimum atomic E-state index is 0.111. The van der Waals surface area contributed by atoms with E-state index in [1.165, 1.54) is 0 Å². The van der Waals surface area contributed by atoms with Gasteiger partial charge in [0.05, 0.1) is 0 Å². The van der Waals surface area contributed by atoms with Gasteiger partial charge < -0.3 is 16.0 Å². The number of hydrogen-bond donors (Lipinski definition) is 2. The van der Waals surface area contributed by atoms with Crippen LogP contribution in [0.25, 0.3) is 0 Å². The highest BCUT2D eigenvalue weighted by Gasteiger charge is 2.21. The molecule has 104 valence electrons. The summed E-state index contributed by atoms with van der Waals surface area (Å²) in [6, 6.07) is 2.08. The molecule has 1 amide bonds. The quantitative estimate of drug-likeness (QED) is 0.798. The zero-order valence-electron chi connectivity index (χ0n) is 11.1. The van der Waals surface area contributed by atoms with Crippen LogP contribution in [0.15, 0.2) is 18.5 Å². The lowest BCUT2D eigenvalue weighted by molar-refractivity contribution is -0.122. The van der Waals surface area contributed by atoms with Crippen molar-refractivity contribution in [1.29, 1.82) is 0 Å². The molecule has 0 atom stereocenters. The van der Waals surface area contributed by atoms with E-state index in [-0.39, 0.29) is 11.9 Å². The Labute approximate surface area is 113 Å². The third kappa shape index (κ3) is 4.17. The van der Waals surface area contributed by atoms with E-state index in [0.29, 0.717) is 13.0 Å². The monoisotopic (exact) mass is 263 g/mol. The molecule has 1 saturated heterocycles. The minimum Gasteiger partial charge on any atom is -0.353 e. The Bertz CT molecular complexity index is 389. The highest BCUT2D eigenvalue weighted by Crippen LogP contribution is 2.15. The molecule has 0 radical (unpaired) electrons. The van der Waals surface area contributed by atoms with Gasteiger partial charge >= 0.3 is 0 Å². The Kier molecular flexibility index (Phi) is 5.09. The lowest BCUT2D eigenvalue weighted by Crippen LogP contribution is -2.45. The van der Waals surface area contributed by atoms with E-state index in [1.807, 2.05) is 6.07 Å². The fraction of sp³-hybridized carbons (Fsp3) is 0.615. The van der Waals surface area contributed by atoms with Gasteiger partial charge in [-0.1, -0.05) is 0 Å². The Hall–Kier alpha value is -1.69. The summed E-state index contributed by atoms with van der Waals surface area (Å²) < 4.78 is 0. The molecule has 0 aromatic carbocycles. The third-order valence-electron chi connectivity index (χ3n) is 3.30. The zero-order valence-corrected chi connectivity index (χ0v) is 11.1. The van der Waals surface area contributed by atoms with Crippen LogP contribution in [-0.2, 0) is 4.79 Å². The Morgan fingerprint density at radius 1 is 1.37 bits per heavy atom. The second-order valence-corrected chi connectivity index (χ2v) is 4.77. The first kappa shape index (κ1) is 13.7. The molecular formula is C13H21N5O. The van der Waals surface area contributed by atoms with Crippen LogP contribution in [0.2, 0.25) is 0 Å². The third-order valence-corrected chi connectivity index (χ3v) is 3.30. The molecule has 3 N–H and O–H groups in total. The first-order chi connectivity index (χ1) is 9.29. The minimum absolute atomic E-state index is 0.111. The molecule has 2 heterocycles. The van der Waals surface area contributed by atoms with E-state index in [4.69, 9.17) is 5.73 Å². The summed E-state index contributed by atoms with van der Waals surface area (Å²) in [5.74, 6) is 0.885. The predicted octanol–water partition coefficient (Wildman–Crippen LogP) is 0.301. The molecule has 0 aliphatic carbocycles. The van der Waals surface area contributed by atoms with E-state index in [1.54, 1.807) is 12.4 Å². The first-order valence-corrected chi connectivity index (χ1v) is 6.81. The topological polar surface area (TPSA) is 84.1 Å². The van der Waals surface area contributed by atoms with Gasteiger partial charge in [-0.15, -0.1) is 0 Å². The van der Waals surface area contributed by atoms with Crippen LogP contribution in [0.3, 0.4) is 0 Å². The van der Waals surface area contributed by atoms with Gasteiger partial charge in [-0.2, -0.15) is 0 Å². The molecule has 1 aromatic heterocycles.